The number of para-hydroxylation sites is 1. The molecule has 0 saturated carbocycles. The molecule has 29 heavy (non-hydrogen) atoms. The van der Waals surface area contributed by atoms with Gasteiger partial charge in [-0.25, -0.2) is 0 Å². The molecule has 1 unspecified atom stereocenters. The van der Waals surface area contributed by atoms with Gasteiger partial charge in [-0.15, -0.1) is 0 Å². The Kier molecular flexibility index (Phi) is 5.26. The number of benzene rings is 3. The van der Waals surface area contributed by atoms with Crippen molar-refractivity contribution in [2.45, 2.75) is 32.5 Å². The molecule has 0 bridgehead atoms. The first kappa shape index (κ1) is 19.1. The molecule has 1 aliphatic rings. The van der Waals surface area contributed by atoms with Gasteiger partial charge in [-0.1, -0.05) is 61.5 Å². The highest BCUT2D eigenvalue weighted by Crippen LogP contribution is 2.39. The van der Waals surface area contributed by atoms with Gasteiger partial charge < -0.3 is 15.0 Å². The van der Waals surface area contributed by atoms with Gasteiger partial charge in [-0.2, -0.15) is 0 Å². The predicted molar refractivity (Wildman–Crippen MR) is 116 cm³/mol. The van der Waals surface area contributed by atoms with Crippen LogP contribution in [0.1, 0.15) is 41.8 Å². The van der Waals surface area contributed by atoms with E-state index in [9.17, 15) is 4.79 Å². The first-order valence-electron chi connectivity index (χ1n) is 10.1. The number of hydrogen-bond acceptors (Lipinski definition) is 3. The summed E-state index contributed by atoms with van der Waals surface area (Å²) in [4.78, 5) is 15.4. The fourth-order valence-electron chi connectivity index (χ4n) is 3.78. The summed E-state index contributed by atoms with van der Waals surface area (Å²) in [5.41, 5.74) is 2.99. The molecular formula is C25H26N2O2. The average Bonchev–Trinajstić information content (AvgIpc) is 2.76. The van der Waals surface area contributed by atoms with Gasteiger partial charge in [0.15, 0.2) is 0 Å². The zero-order chi connectivity index (χ0) is 20.3. The number of carbonyl (C=O) groups is 1. The Bertz CT molecular complexity index is 985. The number of ether oxygens (including phenoxy) is 1. The summed E-state index contributed by atoms with van der Waals surface area (Å²) in [7, 11) is 0. The molecule has 0 aromatic heterocycles. The third-order valence-electron chi connectivity index (χ3n) is 5.39. The largest absolute Gasteiger partial charge is 0.494 e. The van der Waals surface area contributed by atoms with Crippen LogP contribution in [0, 0.1) is 0 Å². The molecule has 1 atom stereocenters. The molecule has 0 radical (unpaired) electrons. The Hall–Kier alpha value is -3.27. The lowest BCUT2D eigenvalue weighted by Crippen LogP contribution is -2.55. The van der Waals surface area contributed by atoms with E-state index in [1.165, 1.54) is 0 Å². The summed E-state index contributed by atoms with van der Waals surface area (Å²) in [5.74, 6) is 0.869. The van der Waals surface area contributed by atoms with Crippen molar-refractivity contribution in [3.8, 4) is 5.75 Å². The van der Waals surface area contributed by atoms with Crippen LogP contribution >= 0.6 is 0 Å². The minimum Gasteiger partial charge on any atom is -0.494 e. The summed E-state index contributed by atoms with van der Waals surface area (Å²) >= 11 is 0. The number of nitrogens with zero attached hydrogens (tertiary/aromatic N) is 1. The van der Waals surface area contributed by atoms with Crippen LogP contribution in [0.3, 0.4) is 0 Å². The van der Waals surface area contributed by atoms with Gasteiger partial charge in [0.2, 0.25) is 0 Å². The maximum Gasteiger partial charge on any atom is 0.258 e. The fraction of sp³-hybridized carbons (Fsp3) is 0.240. The molecule has 0 fully saturated rings. The highest BCUT2D eigenvalue weighted by molar-refractivity contribution is 6.02. The van der Waals surface area contributed by atoms with Crippen molar-refractivity contribution in [2.24, 2.45) is 0 Å². The van der Waals surface area contributed by atoms with E-state index in [-0.39, 0.29) is 5.91 Å². The van der Waals surface area contributed by atoms with E-state index in [4.69, 9.17) is 4.74 Å². The smallest absolute Gasteiger partial charge is 0.258 e. The number of rotatable bonds is 6. The van der Waals surface area contributed by atoms with Gasteiger partial charge in [-0.3, -0.25) is 4.79 Å². The van der Waals surface area contributed by atoms with Crippen molar-refractivity contribution >= 4 is 11.6 Å². The molecule has 0 saturated heterocycles. The van der Waals surface area contributed by atoms with E-state index < -0.39 is 5.66 Å². The quantitative estimate of drug-likeness (QED) is 0.615. The van der Waals surface area contributed by atoms with Crippen molar-refractivity contribution in [3.05, 3.63) is 95.6 Å². The first-order valence-corrected chi connectivity index (χ1v) is 10.1. The van der Waals surface area contributed by atoms with Crippen molar-refractivity contribution in [3.63, 3.8) is 0 Å². The second-order valence-corrected chi connectivity index (χ2v) is 7.49. The monoisotopic (exact) mass is 386 g/mol. The lowest BCUT2D eigenvalue weighted by molar-refractivity contribution is 0.0509. The SMILES string of the molecule is CCCOc1ccc(C2(C)Nc3ccccc3C(=O)N2Cc2ccccc2)cc1. The maximum absolute atomic E-state index is 13.5. The second kappa shape index (κ2) is 8.00. The molecule has 1 aliphatic heterocycles. The molecule has 0 spiro atoms. The molecule has 4 rings (SSSR count). The van der Waals surface area contributed by atoms with Crippen LogP contribution in [0.5, 0.6) is 5.75 Å². The van der Waals surface area contributed by atoms with Gasteiger partial charge in [0.25, 0.3) is 5.91 Å². The summed E-state index contributed by atoms with van der Waals surface area (Å²) in [6.07, 6.45) is 0.969. The molecule has 1 heterocycles. The summed E-state index contributed by atoms with van der Waals surface area (Å²) in [6.45, 7) is 5.37. The van der Waals surface area contributed by atoms with E-state index >= 15 is 0 Å². The number of fused-ring (bicyclic) bond motifs is 1. The molecule has 4 nitrogen and oxygen atoms in total. The molecule has 0 aliphatic carbocycles. The van der Waals surface area contributed by atoms with E-state index in [1.54, 1.807) is 0 Å². The van der Waals surface area contributed by atoms with Gasteiger partial charge in [-0.05, 0) is 48.7 Å². The molecular weight excluding hydrogens is 360 g/mol. The number of anilines is 1. The highest BCUT2D eigenvalue weighted by atomic mass is 16.5. The highest BCUT2D eigenvalue weighted by Gasteiger charge is 2.42. The first-order chi connectivity index (χ1) is 14.1. The Morgan fingerprint density at radius 2 is 1.62 bits per heavy atom. The van der Waals surface area contributed by atoms with Crippen LogP contribution in [0.25, 0.3) is 0 Å². The van der Waals surface area contributed by atoms with Gasteiger partial charge in [0.1, 0.15) is 11.4 Å². The minimum atomic E-state index is -0.676. The van der Waals surface area contributed by atoms with Crippen LogP contribution in [0.4, 0.5) is 5.69 Å². The molecule has 4 heteroatoms. The predicted octanol–water partition coefficient (Wildman–Crippen LogP) is 5.42. The van der Waals surface area contributed by atoms with Crippen molar-refractivity contribution < 1.29 is 9.53 Å². The van der Waals surface area contributed by atoms with E-state index in [2.05, 4.69) is 31.3 Å². The van der Waals surface area contributed by atoms with Crippen LogP contribution in [-0.4, -0.2) is 17.4 Å². The zero-order valence-corrected chi connectivity index (χ0v) is 16.9. The van der Waals surface area contributed by atoms with Crippen LogP contribution in [0.2, 0.25) is 0 Å². The summed E-state index contributed by atoms with van der Waals surface area (Å²) in [6, 6.07) is 25.8. The van der Waals surface area contributed by atoms with Crippen molar-refractivity contribution in [2.75, 3.05) is 11.9 Å². The van der Waals surface area contributed by atoms with Gasteiger partial charge in [0.05, 0.1) is 12.2 Å². The normalized spacial score (nSPS) is 18.1. The van der Waals surface area contributed by atoms with Crippen LogP contribution in [0.15, 0.2) is 78.9 Å². The molecule has 1 N–H and O–H groups in total. The van der Waals surface area contributed by atoms with E-state index in [0.29, 0.717) is 18.7 Å². The zero-order valence-electron chi connectivity index (χ0n) is 16.9. The summed E-state index contributed by atoms with van der Waals surface area (Å²) < 4.78 is 5.73. The Balaban J connectivity index is 1.74. The number of amides is 1. The molecule has 3 aromatic rings. The standard InChI is InChI=1S/C25H26N2O2/c1-3-17-29-21-15-13-20(14-16-21)25(2)26-23-12-8-7-11-22(23)24(28)27(25)18-19-9-5-4-6-10-19/h4-16,26H,3,17-18H2,1-2H3. The number of hydrogen-bond donors (Lipinski definition) is 1. The third kappa shape index (κ3) is 3.70. The molecule has 148 valence electrons. The Morgan fingerprint density at radius 3 is 2.34 bits per heavy atom. The van der Waals surface area contributed by atoms with Crippen molar-refractivity contribution in [1.82, 2.24) is 4.90 Å². The third-order valence-corrected chi connectivity index (χ3v) is 5.39. The fourth-order valence-corrected chi connectivity index (χ4v) is 3.78. The number of nitrogens with one attached hydrogen (secondary N) is 1. The van der Waals surface area contributed by atoms with Gasteiger partial charge in [0, 0.05) is 12.2 Å². The second-order valence-electron chi connectivity index (χ2n) is 7.49. The minimum absolute atomic E-state index is 0.0250. The van der Waals surface area contributed by atoms with Crippen LogP contribution < -0.4 is 10.1 Å². The maximum atomic E-state index is 13.5. The van der Waals surface area contributed by atoms with E-state index in [0.717, 1.165) is 29.0 Å². The lowest BCUT2D eigenvalue weighted by atomic mass is 9.93. The molecule has 3 aromatic carbocycles. The Morgan fingerprint density at radius 1 is 0.931 bits per heavy atom. The molecule has 1 amide bonds. The number of carbonyl (C=O) groups excluding carboxylic acids is 1. The van der Waals surface area contributed by atoms with Crippen LogP contribution in [-0.2, 0) is 12.2 Å². The topological polar surface area (TPSA) is 41.6 Å². The lowest BCUT2D eigenvalue weighted by Gasteiger charge is -2.47. The van der Waals surface area contributed by atoms with Gasteiger partial charge >= 0.3 is 0 Å². The van der Waals surface area contributed by atoms with E-state index in [1.807, 2.05) is 71.6 Å². The summed E-state index contributed by atoms with van der Waals surface area (Å²) in [5, 5.41) is 3.62. The average molecular weight is 386 g/mol. The Labute approximate surface area is 172 Å². The van der Waals surface area contributed by atoms with Crippen molar-refractivity contribution in [1.29, 1.82) is 0 Å².